The van der Waals surface area contributed by atoms with Gasteiger partial charge in [-0.1, -0.05) is 37.8 Å². The van der Waals surface area contributed by atoms with Crippen LogP contribution in [-0.4, -0.2) is 53.3 Å². The lowest BCUT2D eigenvalue weighted by Crippen LogP contribution is -2.22. The molecule has 0 unspecified atom stereocenters. The van der Waals surface area contributed by atoms with Crippen LogP contribution in [0.2, 0.25) is 0 Å². The van der Waals surface area contributed by atoms with E-state index in [9.17, 15) is 9.59 Å². The number of hydrogen-bond donors (Lipinski definition) is 2. The molecule has 8 heteroatoms. The van der Waals surface area contributed by atoms with Crippen molar-refractivity contribution in [2.75, 3.05) is 41.5 Å². The second-order valence-electron chi connectivity index (χ2n) is 8.60. The van der Waals surface area contributed by atoms with Gasteiger partial charge in [0.2, 0.25) is 11.8 Å². The van der Waals surface area contributed by atoms with Gasteiger partial charge in [0.25, 0.3) is 0 Å². The summed E-state index contributed by atoms with van der Waals surface area (Å²) in [6.07, 6.45) is 12.7. The molecule has 2 rings (SSSR count). The third kappa shape index (κ3) is 11.0. The monoisotopic (exact) mass is 524 g/mol. The highest BCUT2D eigenvalue weighted by molar-refractivity contribution is 5.92. The van der Waals surface area contributed by atoms with Gasteiger partial charge < -0.3 is 29.6 Å². The molecule has 8 nitrogen and oxygen atoms in total. The predicted molar refractivity (Wildman–Crippen MR) is 151 cm³/mol. The van der Waals surface area contributed by atoms with Gasteiger partial charge in [-0.05, 0) is 60.4 Å². The Hall–Kier alpha value is -3.94. The van der Waals surface area contributed by atoms with Crippen LogP contribution < -0.4 is 29.6 Å². The zero-order valence-corrected chi connectivity index (χ0v) is 22.9. The highest BCUT2D eigenvalue weighted by Crippen LogP contribution is 2.28. The van der Waals surface area contributed by atoms with Crippen LogP contribution in [0.25, 0.3) is 12.2 Å². The molecular formula is C30H40N2O6. The van der Waals surface area contributed by atoms with Crippen LogP contribution in [0.5, 0.6) is 23.0 Å². The van der Waals surface area contributed by atoms with Crippen molar-refractivity contribution >= 4 is 24.0 Å². The van der Waals surface area contributed by atoms with E-state index in [0.717, 1.165) is 49.7 Å². The third-order valence-electron chi connectivity index (χ3n) is 5.87. The molecule has 0 aliphatic rings. The van der Waals surface area contributed by atoms with E-state index in [2.05, 4.69) is 10.6 Å². The number of carbonyl (C=O) groups is 2. The second kappa shape index (κ2) is 17.5. The molecule has 0 fully saturated rings. The van der Waals surface area contributed by atoms with E-state index in [1.54, 1.807) is 40.6 Å². The van der Waals surface area contributed by atoms with E-state index >= 15 is 0 Å². The fourth-order valence-corrected chi connectivity index (χ4v) is 3.75. The Balaban J connectivity index is 1.51. The standard InChI is InChI=1S/C30H40N2O6/c1-35-25-15-11-23(21-27(25)37-3)13-17-29(33)31-19-9-7-5-6-8-10-20-32-30(34)18-14-24-12-16-26(36-2)28(22-24)38-4/h11-18,21-22H,5-10,19-20H2,1-4H3,(H,31,33)(H,32,34). The summed E-state index contributed by atoms with van der Waals surface area (Å²) < 4.78 is 21.0. The predicted octanol–water partition coefficient (Wildman–Crippen LogP) is 5.02. The van der Waals surface area contributed by atoms with Crippen molar-refractivity contribution < 1.29 is 28.5 Å². The Labute approximate surface area is 226 Å². The van der Waals surface area contributed by atoms with E-state index in [4.69, 9.17) is 18.9 Å². The first-order chi connectivity index (χ1) is 18.5. The SMILES string of the molecule is COc1ccc(C=CC(=O)NCCCCCCCCNC(=O)C=Cc2ccc(OC)c(OC)c2)cc1OC. The smallest absolute Gasteiger partial charge is 0.243 e. The maximum Gasteiger partial charge on any atom is 0.243 e. The number of benzene rings is 2. The van der Waals surface area contributed by atoms with Crippen LogP contribution in [-0.2, 0) is 9.59 Å². The van der Waals surface area contributed by atoms with Crippen molar-refractivity contribution in [3.05, 3.63) is 59.7 Å². The molecule has 0 aromatic heterocycles. The van der Waals surface area contributed by atoms with Crippen molar-refractivity contribution in [1.82, 2.24) is 10.6 Å². The fraction of sp³-hybridized carbons (Fsp3) is 0.400. The number of amides is 2. The van der Waals surface area contributed by atoms with E-state index in [0.29, 0.717) is 36.1 Å². The molecule has 0 aliphatic heterocycles. The topological polar surface area (TPSA) is 95.1 Å². The first-order valence-electron chi connectivity index (χ1n) is 12.9. The molecule has 38 heavy (non-hydrogen) atoms. The number of methoxy groups -OCH3 is 4. The van der Waals surface area contributed by atoms with Gasteiger partial charge in [0.15, 0.2) is 23.0 Å². The van der Waals surface area contributed by atoms with E-state index in [-0.39, 0.29) is 11.8 Å². The highest BCUT2D eigenvalue weighted by Gasteiger charge is 2.04. The number of unbranched alkanes of at least 4 members (excludes halogenated alkanes) is 5. The van der Waals surface area contributed by atoms with Crippen molar-refractivity contribution in [1.29, 1.82) is 0 Å². The zero-order chi connectivity index (χ0) is 27.6. The van der Waals surface area contributed by atoms with E-state index in [1.807, 2.05) is 36.4 Å². The summed E-state index contributed by atoms with van der Waals surface area (Å²) in [4.78, 5) is 24.1. The molecule has 0 saturated carbocycles. The zero-order valence-electron chi connectivity index (χ0n) is 22.9. The maximum atomic E-state index is 12.0. The molecule has 0 bridgehead atoms. The van der Waals surface area contributed by atoms with Crippen LogP contribution in [0.4, 0.5) is 0 Å². The number of nitrogens with one attached hydrogen (secondary N) is 2. The lowest BCUT2D eigenvalue weighted by Gasteiger charge is -2.07. The van der Waals surface area contributed by atoms with Gasteiger partial charge in [-0.25, -0.2) is 0 Å². The van der Waals surface area contributed by atoms with Gasteiger partial charge in [-0.3, -0.25) is 9.59 Å². The van der Waals surface area contributed by atoms with Crippen molar-refractivity contribution in [2.24, 2.45) is 0 Å². The number of rotatable bonds is 17. The molecule has 206 valence electrons. The van der Waals surface area contributed by atoms with Crippen LogP contribution in [0.15, 0.2) is 48.6 Å². The number of carbonyl (C=O) groups excluding carboxylic acids is 2. The Morgan fingerprint density at radius 3 is 1.32 bits per heavy atom. The minimum Gasteiger partial charge on any atom is -0.493 e. The summed E-state index contributed by atoms with van der Waals surface area (Å²) in [5, 5.41) is 5.83. The summed E-state index contributed by atoms with van der Waals surface area (Å²) in [7, 11) is 6.34. The summed E-state index contributed by atoms with van der Waals surface area (Å²) >= 11 is 0. The van der Waals surface area contributed by atoms with Gasteiger partial charge >= 0.3 is 0 Å². The lowest BCUT2D eigenvalue weighted by atomic mass is 10.1. The molecule has 2 aromatic carbocycles. The molecule has 2 aromatic rings. The fourth-order valence-electron chi connectivity index (χ4n) is 3.75. The number of ether oxygens (including phenoxy) is 4. The molecular weight excluding hydrogens is 484 g/mol. The van der Waals surface area contributed by atoms with E-state index < -0.39 is 0 Å². The largest absolute Gasteiger partial charge is 0.493 e. The highest BCUT2D eigenvalue weighted by atomic mass is 16.5. The summed E-state index contributed by atoms with van der Waals surface area (Å²) in [6, 6.07) is 11.0. The molecule has 0 aliphatic carbocycles. The summed E-state index contributed by atoms with van der Waals surface area (Å²) in [6.45, 7) is 1.30. The average molecular weight is 525 g/mol. The number of hydrogen-bond acceptors (Lipinski definition) is 6. The first kappa shape index (κ1) is 30.3. The Kier molecular flexibility index (Phi) is 14.0. The average Bonchev–Trinajstić information content (AvgIpc) is 2.95. The minimum atomic E-state index is -0.115. The molecule has 2 amide bonds. The van der Waals surface area contributed by atoms with Crippen molar-refractivity contribution in [2.45, 2.75) is 38.5 Å². The lowest BCUT2D eigenvalue weighted by molar-refractivity contribution is -0.117. The van der Waals surface area contributed by atoms with Gasteiger partial charge in [0.05, 0.1) is 28.4 Å². The molecule has 2 N–H and O–H groups in total. The van der Waals surface area contributed by atoms with Crippen LogP contribution in [0.3, 0.4) is 0 Å². The van der Waals surface area contributed by atoms with Crippen molar-refractivity contribution in [3.8, 4) is 23.0 Å². The maximum absolute atomic E-state index is 12.0. The molecule has 0 atom stereocenters. The third-order valence-corrected chi connectivity index (χ3v) is 5.87. The second-order valence-corrected chi connectivity index (χ2v) is 8.60. The van der Waals surface area contributed by atoms with Gasteiger partial charge in [0.1, 0.15) is 0 Å². The van der Waals surface area contributed by atoms with Gasteiger partial charge in [-0.15, -0.1) is 0 Å². The molecule has 0 radical (unpaired) electrons. The summed E-state index contributed by atoms with van der Waals surface area (Å²) in [5.74, 6) is 2.32. The van der Waals surface area contributed by atoms with Crippen molar-refractivity contribution in [3.63, 3.8) is 0 Å². The molecule has 0 spiro atoms. The first-order valence-corrected chi connectivity index (χ1v) is 12.9. The minimum absolute atomic E-state index is 0.115. The quantitative estimate of drug-likeness (QED) is 0.223. The summed E-state index contributed by atoms with van der Waals surface area (Å²) in [5.41, 5.74) is 1.73. The Morgan fingerprint density at radius 1 is 0.579 bits per heavy atom. The molecule has 0 heterocycles. The Morgan fingerprint density at radius 2 is 0.947 bits per heavy atom. The normalized spacial score (nSPS) is 10.9. The van der Waals surface area contributed by atoms with Crippen LogP contribution in [0.1, 0.15) is 49.7 Å². The van der Waals surface area contributed by atoms with E-state index in [1.165, 1.54) is 12.2 Å². The van der Waals surface area contributed by atoms with Gasteiger partial charge in [0, 0.05) is 25.2 Å². The van der Waals surface area contributed by atoms with Crippen LogP contribution >= 0.6 is 0 Å². The Bertz CT molecular complexity index is 995. The molecule has 0 saturated heterocycles. The van der Waals surface area contributed by atoms with Gasteiger partial charge in [-0.2, -0.15) is 0 Å². The van der Waals surface area contributed by atoms with Crippen LogP contribution in [0, 0.1) is 0 Å².